The fourth-order valence-corrected chi connectivity index (χ4v) is 4.65. The molecule has 31 heavy (non-hydrogen) atoms. The van der Waals surface area contributed by atoms with Gasteiger partial charge in [-0.15, -0.1) is 31.7 Å². The third-order valence-electron chi connectivity index (χ3n) is 3.97. The molecule has 12 heteroatoms. The standard InChI is InChI=1S/C19H17N7O2S3/c1-12-22-24-18(31-12)21-16(27)11-30-19-25-23-15(26(19)13-6-3-2-4-7-13)10-20-17(28)14-8-5-9-29-14/h2-9H,10-11H2,1H3,(H,20,28)(H,21,24,27). The summed E-state index contributed by atoms with van der Waals surface area (Å²) in [5, 5.41) is 25.5. The van der Waals surface area contributed by atoms with Crippen molar-refractivity contribution in [1.29, 1.82) is 0 Å². The van der Waals surface area contributed by atoms with Gasteiger partial charge in [0.1, 0.15) is 5.01 Å². The van der Waals surface area contributed by atoms with Crippen molar-refractivity contribution in [3.05, 3.63) is 63.6 Å². The highest BCUT2D eigenvalue weighted by molar-refractivity contribution is 7.99. The summed E-state index contributed by atoms with van der Waals surface area (Å²) in [7, 11) is 0. The lowest BCUT2D eigenvalue weighted by molar-refractivity contribution is -0.113. The summed E-state index contributed by atoms with van der Waals surface area (Å²) in [6.07, 6.45) is 0. The molecule has 1 aromatic carbocycles. The number of thiophene rings is 1. The first-order valence-electron chi connectivity index (χ1n) is 9.14. The molecule has 158 valence electrons. The molecule has 0 fully saturated rings. The molecule has 3 aromatic heterocycles. The zero-order valence-electron chi connectivity index (χ0n) is 16.3. The Hall–Kier alpha value is -3.09. The first-order valence-corrected chi connectivity index (χ1v) is 11.8. The van der Waals surface area contributed by atoms with Crippen LogP contribution in [0.3, 0.4) is 0 Å². The molecule has 0 bridgehead atoms. The normalized spacial score (nSPS) is 10.7. The minimum absolute atomic E-state index is 0.130. The summed E-state index contributed by atoms with van der Waals surface area (Å²) in [5.41, 5.74) is 0.843. The van der Waals surface area contributed by atoms with E-state index in [2.05, 4.69) is 31.0 Å². The number of carbonyl (C=O) groups excluding carboxylic acids is 2. The summed E-state index contributed by atoms with van der Waals surface area (Å²) in [6, 6.07) is 13.2. The SMILES string of the molecule is Cc1nnc(NC(=O)CSc2nnc(CNC(=O)c3cccs3)n2-c2ccccc2)s1. The van der Waals surface area contributed by atoms with E-state index in [-0.39, 0.29) is 24.1 Å². The average Bonchev–Trinajstić information content (AvgIpc) is 3.52. The second-order valence-corrected chi connectivity index (χ2v) is 9.26. The van der Waals surface area contributed by atoms with E-state index in [1.807, 2.05) is 53.3 Å². The van der Waals surface area contributed by atoms with Gasteiger partial charge < -0.3 is 5.32 Å². The van der Waals surface area contributed by atoms with Crippen molar-refractivity contribution in [2.24, 2.45) is 0 Å². The Bertz CT molecular complexity index is 1170. The van der Waals surface area contributed by atoms with Crippen LogP contribution in [0.15, 0.2) is 53.0 Å². The van der Waals surface area contributed by atoms with Gasteiger partial charge in [0.2, 0.25) is 11.0 Å². The van der Waals surface area contributed by atoms with Gasteiger partial charge in [-0.1, -0.05) is 47.4 Å². The average molecular weight is 472 g/mol. The van der Waals surface area contributed by atoms with Crippen molar-refractivity contribution in [3.63, 3.8) is 0 Å². The maximum atomic E-state index is 12.3. The van der Waals surface area contributed by atoms with Crippen LogP contribution in [0.25, 0.3) is 5.69 Å². The Balaban J connectivity index is 1.48. The van der Waals surface area contributed by atoms with Crippen LogP contribution in [0.2, 0.25) is 0 Å². The third-order valence-corrected chi connectivity index (χ3v) is 6.52. The highest BCUT2D eigenvalue weighted by Gasteiger charge is 2.17. The van der Waals surface area contributed by atoms with Gasteiger partial charge in [0.15, 0.2) is 11.0 Å². The Morgan fingerprint density at radius 2 is 1.90 bits per heavy atom. The predicted molar refractivity (Wildman–Crippen MR) is 121 cm³/mol. The molecule has 0 aliphatic rings. The minimum Gasteiger partial charge on any atom is -0.344 e. The van der Waals surface area contributed by atoms with Crippen LogP contribution in [0, 0.1) is 6.92 Å². The molecule has 9 nitrogen and oxygen atoms in total. The Morgan fingerprint density at radius 1 is 1.06 bits per heavy atom. The fraction of sp³-hybridized carbons (Fsp3) is 0.158. The molecular formula is C19H17N7O2S3. The largest absolute Gasteiger partial charge is 0.344 e. The van der Waals surface area contributed by atoms with Crippen LogP contribution in [-0.4, -0.2) is 42.5 Å². The molecular weight excluding hydrogens is 454 g/mol. The van der Waals surface area contributed by atoms with Crippen LogP contribution in [-0.2, 0) is 11.3 Å². The highest BCUT2D eigenvalue weighted by atomic mass is 32.2. The molecule has 4 aromatic rings. The first kappa shape index (κ1) is 21.2. The summed E-state index contributed by atoms with van der Waals surface area (Å²) in [5.74, 6) is 0.319. The number of aryl methyl sites for hydroxylation is 1. The monoisotopic (exact) mass is 471 g/mol. The molecule has 0 aliphatic carbocycles. The number of amides is 2. The number of nitrogens with zero attached hydrogens (tertiary/aromatic N) is 5. The lowest BCUT2D eigenvalue weighted by Crippen LogP contribution is -2.24. The molecule has 4 rings (SSSR count). The summed E-state index contributed by atoms with van der Waals surface area (Å²) >= 11 is 3.94. The topological polar surface area (TPSA) is 115 Å². The van der Waals surface area contributed by atoms with Gasteiger partial charge in [-0.25, -0.2) is 0 Å². The number of para-hydroxylation sites is 1. The maximum absolute atomic E-state index is 12.3. The predicted octanol–water partition coefficient (Wildman–Crippen LogP) is 3.15. The number of rotatable bonds is 8. The van der Waals surface area contributed by atoms with E-state index in [4.69, 9.17) is 0 Å². The highest BCUT2D eigenvalue weighted by Crippen LogP contribution is 2.23. The fourth-order valence-electron chi connectivity index (χ4n) is 2.63. The summed E-state index contributed by atoms with van der Waals surface area (Å²) in [6.45, 7) is 2.03. The quantitative estimate of drug-likeness (QED) is 0.379. The van der Waals surface area contributed by atoms with Crippen molar-refractivity contribution in [2.45, 2.75) is 18.6 Å². The molecule has 0 saturated carbocycles. The van der Waals surface area contributed by atoms with Gasteiger partial charge in [0.05, 0.1) is 17.2 Å². The van der Waals surface area contributed by atoms with Crippen molar-refractivity contribution >= 4 is 51.4 Å². The number of benzene rings is 1. The lowest BCUT2D eigenvalue weighted by Gasteiger charge is -2.10. The lowest BCUT2D eigenvalue weighted by atomic mass is 10.3. The van der Waals surface area contributed by atoms with Crippen molar-refractivity contribution in [1.82, 2.24) is 30.3 Å². The molecule has 0 saturated heterocycles. The zero-order valence-corrected chi connectivity index (χ0v) is 18.8. The number of thioether (sulfide) groups is 1. The van der Waals surface area contributed by atoms with Gasteiger partial charge >= 0.3 is 0 Å². The van der Waals surface area contributed by atoms with Crippen molar-refractivity contribution in [2.75, 3.05) is 11.1 Å². The number of hydrogen-bond donors (Lipinski definition) is 2. The van der Waals surface area contributed by atoms with E-state index in [1.165, 1.54) is 34.4 Å². The second kappa shape index (κ2) is 9.81. The van der Waals surface area contributed by atoms with Crippen LogP contribution < -0.4 is 10.6 Å². The van der Waals surface area contributed by atoms with Gasteiger partial charge in [0, 0.05) is 5.69 Å². The zero-order chi connectivity index (χ0) is 21.6. The van der Waals surface area contributed by atoms with Crippen LogP contribution in [0.4, 0.5) is 5.13 Å². The van der Waals surface area contributed by atoms with Gasteiger partial charge in [0.25, 0.3) is 5.91 Å². The van der Waals surface area contributed by atoms with E-state index >= 15 is 0 Å². The van der Waals surface area contributed by atoms with Crippen LogP contribution in [0.1, 0.15) is 20.5 Å². The maximum Gasteiger partial charge on any atom is 0.261 e. The molecule has 0 radical (unpaired) electrons. The third kappa shape index (κ3) is 5.34. The number of carbonyl (C=O) groups is 2. The van der Waals surface area contributed by atoms with Crippen molar-refractivity contribution < 1.29 is 9.59 Å². The van der Waals surface area contributed by atoms with E-state index in [1.54, 1.807) is 6.07 Å². The number of anilines is 1. The molecule has 0 aliphatic heterocycles. The number of nitrogens with one attached hydrogen (secondary N) is 2. The van der Waals surface area contributed by atoms with Crippen molar-refractivity contribution in [3.8, 4) is 5.69 Å². The molecule has 2 amide bonds. The number of hydrogen-bond acceptors (Lipinski definition) is 9. The van der Waals surface area contributed by atoms with E-state index < -0.39 is 0 Å². The number of aromatic nitrogens is 5. The Morgan fingerprint density at radius 3 is 2.61 bits per heavy atom. The minimum atomic E-state index is -0.212. The second-order valence-electron chi connectivity index (χ2n) is 6.19. The molecule has 0 atom stereocenters. The molecule has 0 spiro atoms. The molecule has 3 heterocycles. The van der Waals surface area contributed by atoms with Crippen LogP contribution in [0.5, 0.6) is 0 Å². The van der Waals surface area contributed by atoms with Crippen LogP contribution >= 0.6 is 34.4 Å². The molecule has 0 unspecified atom stereocenters. The first-order chi connectivity index (χ1) is 15.1. The summed E-state index contributed by atoms with van der Waals surface area (Å²) < 4.78 is 1.84. The van der Waals surface area contributed by atoms with Gasteiger partial charge in [-0.05, 0) is 30.5 Å². The smallest absolute Gasteiger partial charge is 0.261 e. The van der Waals surface area contributed by atoms with E-state index in [9.17, 15) is 9.59 Å². The molecule has 2 N–H and O–H groups in total. The van der Waals surface area contributed by atoms with Gasteiger partial charge in [-0.3, -0.25) is 19.5 Å². The van der Waals surface area contributed by atoms with Gasteiger partial charge in [-0.2, -0.15) is 0 Å². The Kier molecular flexibility index (Phi) is 6.70. The van der Waals surface area contributed by atoms with E-state index in [0.717, 1.165) is 10.7 Å². The Labute approximate surface area is 189 Å². The van der Waals surface area contributed by atoms with E-state index in [0.29, 0.717) is 21.0 Å². The summed E-state index contributed by atoms with van der Waals surface area (Å²) in [4.78, 5) is 25.2.